The van der Waals surface area contributed by atoms with Crippen LogP contribution in [0.15, 0.2) is 36.5 Å². The van der Waals surface area contributed by atoms with E-state index in [0.717, 1.165) is 23.7 Å². The van der Waals surface area contributed by atoms with Gasteiger partial charge in [0, 0.05) is 23.6 Å². The van der Waals surface area contributed by atoms with Gasteiger partial charge in [-0.25, -0.2) is 13.6 Å². The van der Waals surface area contributed by atoms with E-state index >= 15 is 0 Å². The molecular weight excluding hydrogens is 288 g/mol. The molecule has 0 bridgehead atoms. The van der Waals surface area contributed by atoms with Crippen molar-refractivity contribution in [1.29, 1.82) is 0 Å². The number of pyridine rings is 1. The van der Waals surface area contributed by atoms with Crippen molar-refractivity contribution in [3.8, 4) is 5.75 Å². The second kappa shape index (κ2) is 6.87. The van der Waals surface area contributed by atoms with Gasteiger partial charge in [0.2, 0.25) is 10.0 Å². The third kappa shape index (κ3) is 4.99. The van der Waals surface area contributed by atoms with Gasteiger partial charge in [0.15, 0.2) is 0 Å². The minimum Gasteiger partial charge on any atom is -0.493 e. The molecule has 21 heavy (non-hydrogen) atoms. The van der Waals surface area contributed by atoms with Crippen molar-refractivity contribution in [2.24, 2.45) is 11.1 Å². The molecule has 5 nitrogen and oxygen atoms in total. The number of ether oxygens (including phenoxy) is 1. The van der Waals surface area contributed by atoms with E-state index in [2.05, 4.69) is 4.98 Å². The largest absolute Gasteiger partial charge is 0.493 e. The monoisotopic (exact) mass is 308 g/mol. The Morgan fingerprint density at radius 3 is 2.86 bits per heavy atom. The summed E-state index contributed by atoms with van der Waals surface area (Å²) in [5.41, 5.74) is 0.855. The Bertz CT molecular complexity index is 701. The van der Waals surface area contributed by atoms with E-state index in [4.69, 9.17) is 9.88 Å². The molecule has 0 aliphatic heterocycles. The van der Waals surface area contributed by atoms with Crippen LogP contribution in [-0.4, -0.2) is 25.8 Å². The van der Waals surface area contributed by atoms with Gasteiger partial charge in [0.25, 0.3) is 0 Å². The summed E-state index contributed by atoms with van der Waals surface area (Å²) in [6.07, 6.45) is 3.39. The molecular formula is C15H20N2O3S. The Kier molecular flexibility index (Phi) is 5.14. The number of rotatable bonds is 7. The molecule has 2 aromatic rings. The summed E-state index contributed by atoms with van der Waals surface area (Å²) in [7, 11) is -3.48. The number of aromatic nitrogens is 1. The van der Waals surface area contributed by atoms with Crippen molar-refractivity contribution < 1.29 is 13.2 Å². The first-order valence-electron chi connectivity index (χ1n) is 6.96. The van der Waals surface area contributed by atoms with Gasteiger partial charge >= 0.3 is 0 Å². The lowest BCUT2D eigenvalue weighted by Gasteiger charge is -2.16. The average molecular weight is 308 g/mol. The number of nitrogens with zero attached hydrogens (tertiary/aromatic N) is 1. The summed E-state index contributed by atoms with van der Waals surface area (Å²) in [6, 6.07) is 9.52. The number of fused-ring (bicyclic) bond motifs is 1. The second-order valence-electron chi connectivity index (χ2n) is 5.15. The van der Waals surface area contributed by atoms with Crippen LogP contribution in [0.5, 0.6) is 5.75 Å². The van der Waals surface area contributed by atoms with Crippen molar-refractivity contribution in [1.82, 2.24) is 4.98 Å². The standard InChI is InChI=1S/C15H20N2O3S/c1-2-4-12(11-21(16,18)19)10-20-14-7-6-13-5-3-8-17-15(13)9-14/h3,5-9,12H,2,4,10-11H2,1H3,(H2,16,18,19). The number of hydrogen-bond acceptors (Lipinski definition) is 4. The molecule has 0 amide bonds. The Morgan fingerprint density at radius 1 is 1.33 bits per heavy atom. The van der Waals surface area contributed by atoms with Crippen LogP contribution < -0.4 is 9.88 Å². The van der Waals surface area contributed by atoms with E-state index in [0.29, 0.717) is 12.4 Å². The smallest absolute Gasteiger partial charge is 0.209 e. The first kappa shape index (κ1) is 15.7. The molecule has 0 aliphatic rings. The molecule has 0 spiro atoms. The van der Waals surface area contributed by atoms with E-state index in [-0.39, 0.29) is 11.7 Å². The molecule has 0 saturated heterocycles. The molecule has 1 aromatic carbocycles. The predicted molar refractivity (Wildman–Crippen MR) is 83.6 cm³/mol. The van der Waals surface area contributed by atoms with E-state index in [1.54, 1.807) is 6.20 Å². The van der Waals surface area contributed by atoms with Crippen LogP contribution in [0.25, 0.3) is 10.9 Å². The Labute approximate surface area is 125 Å². The van der Waals surface area contributed by atoms with E-state index in [9.17, 15) is 8.42 Å². The molecule has 114 valence electrons. The van der Waals surface area contributed by atoms with Gasteiger partial charge in [-0.1, -0.05) is 19.4 Å². The zero-order chi connectivity index (χ0) is 15.3. The van der Waals surface area contributed by atoms with Gasteiger partial charge in [-0.05, 0) is 24.6 Å². The highest BCUT2D eigenvalue weighted by molar-refractivity contribution is 7.89. The van der Waals surface area contributed by atoms with Gasteiger partial charge in [-0.15, -0.1) is 0 Å². The lowest BCUT2D eigenvalue weighted by atomic mass is 10.1. The van der Waals surface area contributed by atoms with Crippen LogP contribution >= 0.6 is 0 Å². The maximum atomic E-state index is 11.2. The van der Waals surface area contributed by atoms with Gasteiger partial charge in [0.1, 0.15) is 5.75 Å². The minimum absolute atomic E-state index is 0.0489. The highest BCUT2D eigenvalue weighted by atomic mass is 32.2. The normalized spacial score (nSPS) is 13.2. The van der Waals surface area contributed by atoms with Crippen molar-refractivity contribution in [2.75, 3.05) is 12.4 Å². The number of hydrogen-bond donors (Lipinski definition) is 1. The fraction of sp³-hybridized carbons (Fsp3) is 0.400. The van der Waals surface area contributed by atoms with E-state index in [1.165, 1.54) is 0 Å². The molecule has 0 radical (unpaired) electrons. The van der Waals surface area contributed by atoms with Gasteiger partial charge < -0.3 is 4.74 Å². The summed E-state index contributed by atoms with van der Waals surface area (Å²) in [4.78, 5) is 4.27. The third-order valence-corrected chi connectivity index (χ3v) is 4.16. The van der Waals surface area contributed by atoms with Crippen molar-refractivity contribution >= 4 is 20.9 Å². The second-order valence-corrected chi connectivity index (χ2v) is 6.81. The molecule has 0 saturated carbocycles. The highest BCUT2D eigenvalue weighted by Crippen LogP contribution is 2.20. The molecule has 1 unspecified atom stereocenters. The van der Waals surface area contributed by atoms with Gasteiger partial charge in [-0.3, -0.25) is 4.98 Å². The summed E-state index contributed by atoms with van der Waals surface area (Å²) in [5, 5.41) is 6.16. The van der Waals surface area contributed by atoms with Crippen LogP contribution in [0.4, 0.5) is 0 Å². The first-order valence-corrected chi connectivity index (χ1v) is 8.67. The molecule has 2 rings (SSSR count). The zero-order valence-electron chi connectivity index (χ0n) is 12.0. The fourth-order valence-electron chi connectivity index (χ4n) is 2.30. The summed E-state index contributed by atoms with van der Waals surface area (Å²) >= 11 is 0. The lowest BCUT2D eigenvalue weighted by molar-refractivity contribution is 0.253. The summed E-state index contributed by atoms with van der Waals surface area (Å²) in [6.45, 7) is 2.35. The molecule has 1 heterocycles. The minimum atomic E-state index is -3.48. The highest BCUT2D eigenvalue weighted by Gasteiger charge is 2.16. The molecule has 1 atom stereocenters. The quantitative estimate of drug-likeness (QED) is 0.851. The first-order chi connectivity index (χ1) is 9.98. The number of primary sulfonamides is 1. The van der Waals surface area contributed by atoms with Crippen LogP contribution in [0, 0.1) is 5.92 Å². The Morgan fingerprint density at radius 2 is 2.14 bits per heavy atom. The van der Waals surface area contributed by atoms with E-state index in [1.807, 2.05) is 37.3 Å². The molecule has 0 aliphatic carbocycles. The van der Waals surface area contributed by atoms with Crippen molar-refractivity contribution in [3.63, 3.8) is 0 Å². The van der Waals surface area contributed by atoms with Crippen LogP contribution in [0.2, 0.25) is 0 Å². The number of nitrogens with two attached hydrogens (primary N) is 1. The number of benzene rings is 1. The number of sulfonamides is 1. The average Bonchev–Trinajstić information content (AvgIpc) is 2.43. The maximum Gasteiger partial charge on any atom is 0.209 e. The predicted octanol–water partition coefficient (Wildman–Crippen LogP) is 2.32. The van der Waals surface area contributed by atoms with Crippen LogP contribution in [0.1, 0.15) is 19.8 Å². The van der Waals surface area contributed by atoms with Crippen LogP contribution in [0.3, 0.4) is 0 Å². The lowest BCUT2D eigenvalue weighted by Crippen LogP contribution is -2.26. The third-order valence-electron chi connectivity index (χ3n) is 3.23. The van der Waals surface area contributed by atoms with Gasteiger partial charge in [-0.2, -0.15) is 0 Å². The molecule has 0 fully saturated rings. The van der Waals surface area contributed by atoms with E-state index < -0.39 is 10.0 Å². The van der Waals surface area contributed by atoms with Crippen molar-refractivity contribution in [2.45, 2.75) is 19.8 Å². The SMILES string of the molecule is CCCC(COc1ccc2cccnc2c1)CS(N)(=O)=O. The maximum absolute atomic E-state index is 11.2. The molecule has 2 N–H and O–H groups in total. The van der Waals surface area contributed by atoms with Crippen molar-refractivity contribution in [3.05, 3.63) is 36.5 Å². The Balaban J connectivity index is 2.04. The summed E-state index contributed by atoms with van der Waals surface area (Å²) < 4.78 is 28.1. The van der Waals surface area contributed by atoms with Crippen LogP contribution in [-0.2, 0) is 10.0 Å². The molecule has 6 heteroatoms. The van der Waals surface area contributed by atoms with Gasteiger partial charge in [0.05, 0.1) is 17.9 Å². The zero-order valence-corrected chi connectivity index (χ0v) is 12.8. The molecule has 1 aromatic heterocycles. The fourth-order valence-corrected chi connectivity index (χ4v) is 3.22. The topological polar surface area (TPSA) is 82.3 Å². The Hall–Kier alpha value is -1.66. The summed E-state index contributed by atoms with van der Waals surface area (Å²) in [5.74, 6) is 0.549.